The summed E-state index contributed by atoms with van der Waals surface area (Å²) in [6.45, 7) is -0.0723. The molecule has 1 N–H and O–H groups in total. The smallest absolute Gasteiger partial charge is 0.354 e. The molecule has 1 fully saturated rings. The number of nitrogens with zero attached hydrogens (tertiary/aromatic N) is 4. The molecule has 2 amide bonds. The van der Waals surface area contributed by atoms with Crippen molar-refractivity contribution in [2.75, 3.05) is 18.0 Å². The first-order valence-electron chi connectivity index (χ1n) is 8.52. The van der Waals surface area contributed by atoms with Gasteiger partial charge in [0, 0.05) is 32.2 Å². The van der Waals surface area contributed by atoms with Crippen molar-refractivity contribution in [3.63, 3.8) is 0 Å². The molecule has 150 valence electrons. The third-order valence-corrected chi connectivity index (χ3v) is 4.48. The number of hydrogen-bond donors (Lipinski definition) is 1. The van der Waals surface area contributed by atoms with Crippen molar-refractivity contribution >= 4 is 17.5 Å². The SMILES string of the molecule is Cn1c(C(F)(F)F)nn(CCNC(=O)[C@H]2CC(=O)N(c3ccccc3)C2)c1=O. The van der Waals surface area contributed by atoms with Crippen LogP contribution in [0.3, 0.4) is 0 Å². The lowest BCUT2D eigenvalue weighted by Crippen LogP contribution is -2.36. The lowest BCUT2D eigenvalue weighted by molar-refractivity contribution is -0.147. The van der Waals surface area contributed by atoms with Crippen LogP contribution in [0, 0.1) is 5.92 Å². The molecule has 1 atom stereocenters. The fraction of sp³-hybridized carbons (Fsp3) is 0.412. The maximum absolute atomic E-state index is 12.8. The van der Waals surface area contributed by atoms with Gasteiger partial charge in [0.2, 0.25) is 17.6 Å². The topological polar surface area (TPSA) is 89.2 Å². The summed E-state index contributed by atoms with van der Waals surface area (Å²) in [5.41, 5.74) is -0.226. The second-order valence-corrected chi connectivity index (χ2v) is 6.42. The average Bonchev–Trinajstić information content (AvgIpc) is 3.17. The number of hydrogen-bond acceptors (Lipinski definition) is 4. The molecule has 1 aromatic carbocycles. The zero-order chi connectivity index (χ0) is 20.5. The highest BCUT2D eigenvalue weighted by atomic mass is 19.4. The van der Waals surface area contributed by atoms with Crippen LogP contribution in [0.4, 0.5) is 18.9 Å². The Hall–Kier alpha value is -3.11. The van der Waals surface area contributed by atoms with Crippen LogP contribution in [0.15, 0.2) is 35.1 Å². The molecular formula is C17H18F3N5O3. The molecule has 1 aliphatic rings. The number of benzene rings is 1. The van der Waals surface area contributed by atoms with E-state index in [2.05, 4.69) is 10.4 Å². The first-order chi connectivity index (χ1) is 13.2. The molecule has 1 saturated heterocycles. The summed E-state index contributed by atoms with van der Waals surface area (Å²) in [5, 5.41) is 5.82. The van der Waals surface area contributed by atoms with Gasteiger partial charge >= 0.3 is 11.9 Å². The number of anilines is 1. The summed E-state index contributed by atoms with van der Waals surface area (Å²) in [5.74, 6) is -2.45. The zero-order valence-electron chi connectivity index (χ0n) is 14.9. The van der Waals surface area contributed by atoms with Gasteiger partial charge < -0.3 is 10.2 Å². The van der Waals surface area contributed by atoms with Crippen LogP contribution in [0.25, 0.3) is 0 Å². The number of halogens is 3. The third-order valence-electron chi connectivity index (χ3n) is 4.48. The van der Waals surface area contributed by atoms with Gasteiger partial charge in [0.05, 0.1) is 12.5 Å². The molecule has 2 aromatic rings. The summed E-state index contributed by atoms with van der Waals surface area (Å²) in [6.07, 6.45) is -4.70. The molecule has 11 heteroatoms. The van der Waals surface area contributed by atoms with Crippen molar-refractivity contribution in [2.45, 2.75) is 19.1 Å². The Morgan fingerprint density at radius 2 is 1.93 bits per heavy atom. The Balaban J connectivity index is 1.57. The van der Waals surface area contributed by atoms with E-state index in [1.54, 1.807) is 24.3 Å². The molecule has 0 radical (unpaired) electrons. The predicted octanol–water partition coefficient (Wildman–Crippen LogP) is 0.770. The van der Waals surface area contributed by atoms with Gasteiger partial charge in [0.1, 0.15) is 0 Å². The van der Waals surface area contributed by atoms with E-state index in [0.717, 1.165) is 7.05 Å². The van der Waals surface area contributed by atoms with Crippen LogP contribution >= 0.6 is 0 Å². The fourth-order valence-corrected chi connectivity index (χ4v) is 3.05. The van der Waals surface area contributed by atoms with Crippen molar-refractivity contribution in [1.29, 1.82) is 0 Å². The molecule has 0 saturated carbocycles. The van der Waals surface area contributed by atoms with Crippen LogP contribution in [0.2, 0.25) is 0 Å². The summed E-state index contributed by atoms with van der Waals surface area (Å²) < 4.78 is 39.4. The minimum atomic E-state index is -4.74. The number of aromatic nitrogens is 3. The van der Waals surface area contributed by atoms with Gasteiger partial charge in [-0.2, -0.15) is 13.2 Å². The Bertz CT molecular complexity index is 936. The van der Waals surface area contributed by atoms with E-state index >= 15 is 0 Å². The summed E-state index contributed by atoms with van der Waals surface area (Å²) >= 11 is 0. The molecule has 28 heavy (non-hydrogen) atoms. The Morgan fingerprint density at radius 1 is 1.25 bits per heavy atom. The number of rotatable bonds is 5. The molecule has 1 aliphatic heterocycles. The van der Waals surface area contributed by atoms with E-state index in [-0.39, 0.29) is 32.0 Å². The predicted molar refractivity (Wildman–Crippen MR) is 92.4 cm³/mol. The molecule has 0 spiro atoms. The Morgan fingerprint density at radius 3 is 2.54 bits per heavy atom. The third kappa shape index (κ3) is 3.92. The van der Waals surface area contributed by atoms with Gasteiger partial charge in [-0.3, -0.25) is 14.2 Å². The minimum absolute atomic E-state index is 0.0441. The van der Waals surface area contributed by atoms with Crippen LogP contribution in [-0.2, 0) is 29.4 Å². The van der Waals surface area contributed by atoms with Gasteiger partial charge in [-0.15, -0.1) is 5.10 Å². The number of para-hydroxylation sites is 1. The quantitative estimate of drug-likeness (QED) is 0.807. The molecular weight excluding hydrogens is 379 g/mol. The lowest BCUT2D eigenvalue weighted by Gasteiger charge is -2.16. The number of carbonyl (C=O) groups is 2. The second-order valence-electron chi connectivity index (χ2n) is 6.42. The van der Waals surface area contributed by atoms with E-state index in [4.69, 9.17) is 0 Å². The van der Waals surface area contributed by atoms with Gasteiger partial charge in [-0.05, 0) is 12.1 Å². The van der Waals surface area contributed by atoms with E-state index in [0.29, 0.717) is 14.9 Å². The fourth-order valence-electron chi connectivity index (χ4n) is 3.05. The first-order valence-corrected chi connectivity index (χ1v) is 8.52. The molecule has 0 bridgehead atoms. The van der Waals surface area contributed by atoms with E-state index in [1.165, 1.54) is 4.90 Å². The van der Waals surface area contributed by atoms with Crippen LogP contribution < -0.4 is 15.9 Å². The maximum atomic E-state index is 12.8. The number of nitrogens with one attached hydrogen (secondary N) is 1. The molecule has 1 aromatic heterocycles. The number of carbonyl (C=O) groups excluding carboxylic acids is 2. The summed E-state index contributed by atoms with van der Waals surface area (Å²) in [4.78, 5) is 37.8. The van der Waals surface area contributed by atoms with Crippen LogP contribution in [-0.4, -0.2) is 39.3 Å². The lowest BCUT2D eigenvalue weighted by atomic mass is 10.1. The van der Waals surface area contributed by atoms with Crippen molar-refractivity contribution < 1.29 is 22.8 Å². The molecule has 0 unspecified atom stereocenters. The number of alkyl halides is 3. The summed E-state index contributed by atoms with van der Waals surface area (Å²) in [7, 11) is 0.982. The van der Waals surface area contributed by atoms with E-state index in [1.807, 2.05) is 6.07 Å². The highest BCUT2D eigenvalue weighted by Crippen LogP contribution is 2.26. The highest BCUT2D eigenvalue weighted by Gasteiger charge is 2.38. The average molecular weight is 397 g/mol. The van der Waals surface area contributed by atoms with E-state index in [9.17, 15) is 27.6 Å². The van der Waals surface area contributed by atoms with E-state index < -0.39 is 29.5 Å². The van der Waals surface area contributed by atoms with Gasteiger partial charge in [0.15, 0.2) is 0 Å². The monoisotopic (exact) mass is 397 g/mol. The highest BCUT2D eigenvalue weighted by molar-refractivity contribution is 6.00. The van der Waals surface area contributed by atoms with Crippen molar-refractivity contribution in [3.05, 3.63) is 46.6 Å². The largest absolute Gasteiger partial charge is 0.451 e. The van der Waals surface area contributed by atoms with Crippen LogP contribution in [0.1, 0.15) is 12.2 Å². The van der Waals surface area contributed by atoms with Gasteiger partial charge in [-0.1, -0.05) is 18.2 Å². The molecule has 2 heterocycles. The standard InChI is InChI=1S/C17H18F3N5O3/c1-23-15(17(18,19)20)22-25(16(23)28)8-7-21-14(27)11-9-13(26)24(10-11)12-5-3-2-4-6-12/h2-6,11H,7-10H2,1H3,(H,21,27)/t11-/m0/s1. The minimum Gasteiger partial charge on any atom is -0.354 e. The molecule has 0 aliphatic carbocycles. The molecule has 8 nitrogen and oxygen atoms in total. The number of amides is 2. The first kappa shape index (κ1) is 19.6. The zero-order valence-corrected chi connectivity index (χ0v) is 14.9. The van der Waals surface area contributed by atoms with Gasteiger partial charge in [0.25, 0.3) is 0 Å². The second kappa shape index (κ2) is 7.49. The summed E-state index contributed by atoms with van der Waals surface area (Å²) in [6, 6.07) is 8.93. The van der Waals surface area contributed by atoms with Gasteiger partial charge in [-0.25, -0.2) is 9.48 Å². The Kier molecular flexibility index (Phi) is 5.25. The normalized spacial score (nSPS) is 17.2. The van der Waals surface area contributed by atoms with Crippen LogP contribution in [0.5, 0.6) is 0 Å². The Labute approximate surface area is 157 Å². The maximum Gasteiger partial charge on any atom is 0.451 e. The van der Waals surface area contributed by atoms with Crippen molar-refractivity contribution in [1.82, 2.24) is 19.7 Å². The molecule has 3 rings (SSSR count). The van der Waals surface area contributed by atoms with Crippen molar-refractivity contribution in [2.24, 2.45) is 13.0 Å². The van der Waals surface area contributed by atoms with Crippen molar-refractivity contribution in [3.8, 4) is 0 Å².